The molecule has 1 aromatic carbocycles. The van der Waals surface area contributed by atoms with Crippen molar-refractivity contribution in [3.63, 3.8) is 0 Å². The minimum absolute atomic E-state index is 0.228. The first-order valence-corrected chi connectivity index (χ1v) is 10.3. The Kier molecular flexibility index (Phi) is 6.42. The van der Waals surface area contributed by atoms with Gasteiger partial charge < -0.3 is 11.1 Å². The average Bonchev–Trinajstić information content (AvgIpc) is 2.81. The maximum Gasteiger partial charge on any atom is 0.217 e. The van der Waals surface area contributed by atoms with Crippen LogP contribution in [0.5, 0.6) is 0 Å². The smallest absolute Gasteiger partial charge is 0.217 e. The van der Waals surface area contributed by atoms with Crippen molar-refractivity contribution in [3.8, 4) is 11.4 Å². The van der Waals surface area contributed by atoms with Gasteiger partial charge in [-0.1, -0.05) is 30.3 Å². The molecule has 0 aliphatic heterocycles. The number of carbonyl (C=O) groups excluding carboxylic acids is 1. The molecule has 31 heavy (non-hydrogen) atoms. The first kappa shape index (κ1) is 20.4. The number of primary amides is 1. The second-order valence-corrected chi connectivity index (χ2v) is 7.47. The van der Waals surface area contributed by atoms with E-state index < -0.39 is 0 Å². The molecule has 0 aliphatic carbocycles. The fourth-order valence-electron chi connectivity index (χ4n) is 3.56. The summed E-state index contributed by atoms with van der Waals surface area (Å²) in [6.45, 7) is 0.659. The van der Waals surface area contributed by atoms with Gasteiger partial charge >= 0.3 is 0 Å². The predicted molar refractivity (Wildman–Crippen MR) is 121 cm³/mol. The number of rotatable bonds is 9. The second kappa shape index (κ2) is 9.75. The molecule has 3 heterocycles. The monoisotopic (exact) mass is 412 g/mol. The summed E-state index contributed by atoms with van der Waals surface area (Å²) in [5.74, 6) is 1.31. The van der Waals surface area contributed by atoms with E-state index in [9.17, 15) is 4.79 Å². The molecular formula is C24H24N6O. The number of hydrogen-bond donors (Lipinski definition) is 2. The Morgan fingerprint density at radius 2 is 1.74 bits per heavy atom. The van der Waals surface area contributed by atoms with E-state index in [4.69, 9.17) is 10.7 Å². The van der Waals surface area contributed by atoms with Crippen LogP contribution < -0.4 is 11.1 Å². The number of nitrogens with zero attached hydrogens (tertiary/aromatic N) is 4. The van der Waals surface area contributed by atoms with Crippen LogP contribution >= 0.6 is 0 Å². The van der Waals surface area contributed by atoms with Crippen molar-refractivity contribution in [3.05, 3.63) is 78.9 Å². The summed E-state index contributed by atoms with van der Waals surface area (Å²) >= 11 is 0. The van der Waals surface area contributed by atoms with Gasteiger partial charge in [-0.05, 0) is 42.5 Å². The summed E-state index contributed by atoms with van der Waals surface area (Å²) in [6, 6.07) is 15.9. The topological polar surface area (TPSA) is 107 Å². The molecule has 4 rings (SSSR count). The zero-order valence-corrected chi connectivity index (χ0v) is 17.1. The molecule has 156 valence electrons. The number of carbonyl (C=O) groups is 1. The molecule has 1 amide bonds. The average molecular weight is 412 g/mol. The minimum Gasteiger partial charge on any atom is -0.370 e. The lowest BCUT2D eigenvalue weighted by atomic mass is 9.94. The largest absolute Gasteiger partial charge is 0.370 e. The van der Waals surface area contributed by atoms with Crippen molar-refractivity contribution in [2.75, 3.05) is 11.9 Å². The van der Waals surface area contributed by atoms with Crippen LogP contribution in [-0.2, 0) is 11.2 Å². The van der Waals surface area contributed by atoms with Crippen LogP contribution in [0.15, 0.2) is 73.3 Å². The molecule has 0 bridgehead atoms. The summed E-state index contributed by atoms with van der Waals surface area (Å²) in [5.41, 5.74) is 8.29. The highest BCUT2D eigenvalue weighted by molar-refractivity contribution is 5.89. The van der Waals surface area contributed by atoms with Crippen LogP contribution in [0.4, 0.5) is 5.82 Å². The minimum atomic E-state index is -0.281. The summed E-state index contributed by atoms with van der Waals surface area (Å²) in [7, 11) is 0. The summed E-state index contributed by atoms with van der Waals surface area (Å²) in [6.07, 6.45) is 8.83. The van der Waals surface area contributed by atoms with Crippen molar-refractivity contribution >= 4 is 22.6 Å². The summed E-state index contributed by atoms with van der Waals surface area (Å²) < 4.78 is 0. The highest BCUT2D eigenvalue weighted by Crippen LogP contribution is 2.25. The van der Waals surface area contributed by atoms with Gasteiger partial charge in [-0.2, -0.15) is 0 Å². The highest BCUT2D eigenvalue weighted by atomic mass is 16.1. The van der Waals surface area contributed by atoms with Gasteiger partial charge in [0, 0.05) is 42.5 Å². The number of amides is 1. The molecule has 3 aromatic heterocycles. The SMILES string of the molecule is NC(=O)CC[C@H](CNc1nc(-c2ccncc2)nc2cnccc12)Cc1ccccc1. The van der Waals surface area contributed by atoms with E-state index in [1.54, 1.807) is 24.8 Å². The van der Waals surface area contributed by atoms with Gasteiger partial charge in [0.25, 0.3) is 0 Å². The van der Waals surface area contributed by atoms with Crippen molar-refractivity contribution in [1.82, 2.24) is 19.9 Å². The number of fused-ring (bicyclic) bond motifs is 1. The number of nitrogens with one attached hydrogen (secondary N) is 1. The van der Waals surface area contributed by atoms with Gasteiger partial charge in [0.1, 0.15) is 5.82 Å². The molecule has 7 nitrogen and oxygen atoms in total. The predicted octanol–water partition coefficient (Wildman–Crippen LogP) is 3.62. The van der Waals surface area contributed by atoms with Crippen molar-refractivity contribution in [2.45, 2.75) is 19.3 Å². The normalized spacial score (nSPS) is 11.9. The van der Waals surface area contributed by atoms with Crippen LogP contribution in [-0.4, -0.2) is 32.4 Å². The summed E-state index contributed by atoms with van der Waals surface area (Å²) in [5, 5.41) is 4.40. The van der Waals surface area contributed by atoms with Crippen molar-refractivity contribution in [2.24, 2.45) is 11.7 Å². The van der Waals surface area contributed by atoms with Crippen LogP contribution in [0, 0.1) is 5.92 Å². The van der Waals surface area contributed by atoms with E-state index in [-0.39, 0.29) is 11.8 Å². The number of anilines is 1. The molecule has 1 atom stereocenters. The first-order chi connectivity index (χ1) is 15.2. The van der Waals surface area contributed by atoms with Gasteiger partial charge in [-0.15, -0.1) is 0 Å². The molecule has 0 radical (unpaired) electrons. The molecule has 0 saturated heterocycles. The van der Waals surface area contributed by atoms with E-state index in [0.29, 0.717) is 25.2 Å². The van der Waals surface area contributed by atoms with Crippen LogP contribution in [0.3, 0.4) is 0 Å². The fraction of sp³-hybridized carbons (Fsp3) is 0.208. The molecular weight excluding hydrogens is 388 g/mol. The third-order valence-corrected chi connectivity index (χ3v) is 5.16. The van der Waals surface area contributed by atoms with Gasteiger partial charge in [-0.3, -0.25) is 14.8 Å². The molecule has 7 heteroatoms. The standard InChI is InChI=1S/C24H24N6O/c25-22(31)7-6-18(14-17-4-2-1-3-5-17)15-28-24-20-10-13-27-16-21(20)29-23(30-24)19-8-11-26-12-9-19/h1-5,8-13,16,18H,6-7,14-15H2,(H2,25,31)(H,28,29,30)/t18-/m0/s1. The number of pyridine rings is 2. The van der Waals surface area contributed by atoms with E-state index in [1.807, 2.05) is 36.4 Å². The molecule has 0 fully saturated rings. The Balaban J connectivity index is 1.60. The molecule has 0 spiro atoms. The lowest BCUT2D eigenvalue weighted by molar-refractivity contribution is -0.118. The van der Waals surface area contributed by atoms with Crippen LogP contribution in [0.25, 0.3) is 22.3 Å². The number of nitrogens with two attached hydrogens (primary N) is 1. The Morgan fingerprint density at radius 3 is 2.52 bits per heavy atom. The zero-order valence-electron chi connectivity index (χ0n) is 17.1. The maximum absolute atomic E-state index is 11.4. The second-order valence-electron chi connectivity index (χ2n) is 7.47. The Hall–Kier alpha value is -3.87. The van der Waals surface area contributed by atoms with Gasteiger partial charge in [0.15, 0.2) is 5.82 Å². The Bertz CT molecular complexity index is 1150. The highest BCUT2D eigenvalue weighted by Gasteiger charge is 2.14. The van der Waals surface area contributed by atoms with Crippen LogP contribution in [0.2, 0.25) is 0 Å². The zero-order chi connectivity index (χ0) is 21.5. The maximum atomic E-state index is 11.4. The van der Waals surface area contributed by atoms with Gasteiger partial charge in [0.05, 0.1) is 11.7 Å². The fourth-order valence-corrected chi connectivity index (χ4v) is 3.56. The summed E-state index contributed by atoms with van der Waals surface area (Å²) in [4.78, 5) is 29.1. The molecule has 0 unspecified atom stereocenters. The quantitative estimate of drug-likeness (QED) is 0.435. The van der Waals surface area contributed by atoms with Crippen LogP contribution in [0.1, 0.15) is 18.4 Å². The number of hydrogen-bond acceptors (Lipinski definition) is 6. The molecule has 4 aromatic rings. The third kappa shape index (κ3) is 5.39. The van der Waals surface area contributed by atoms with E-state index in [2.05, 4.69) is 32.4 Å². The lowest BCUT2D eigenvalue weighted by Gasteiger charge is -2.19. The van der Waals surface area contributed by atoms with Crippen molar-refractivity contribution in [1.29, 1.82) is 0 Å². The van der Waals surface area contributed by atoms with E-state index in [0.717, 1.165) is 28.7 Å². The Morgan fingerprint density at radius 1 is 0.968 bits per heavy atom. The number of aromatic nitrogens is 4. The molecule has 0 saturated carbocycles. The third-order valence-electron chi connectivity index (χ3n) is 5.16. The molecule has 3 N–H and O–H groups in total. The van der Waals surface area contributed by atoms with Gasteiger partial charge in [0.2, 0.25) is 5.91 Å². The van der Waals surface area contributed by atoms with Crippen molar-refractivity contribution < 1.29 is 4.79 Å². The van der Waals surface area contributed by atoms with Gasteiger partial charge in [-0.25, -0.2) is 9.97 Å². The van der Waals surface area contributed by atoms with E-state index in [1.165, 1.54) is 5.56 Å². The lowest BCUT2D eigenvalue weighted by Crippen LogP contribution is -2.21. The first-order valence-electron chi connectivity index (χ1n) is 10.3. The molecule has 0 aliphatic rings. The number of benzene rings is 1. The van der Waals surface area contributed by atoms with E-state index >= 15 is 0 Å². The Labute approximate surface area is 180 Å².